The highest BCUT2D eigenvalue weighted by Gasteiger charge is 2.18. The number of benzene rings is 1. The predicted octanol–water partition coefficient (Wildman–Crippen LogP) is 1.99. The number of halogens is 1. The monoisotopic (exact) mass is 350 g/mol. The highest BCUT2D eigenvalue weighted by Crippen LogP contribution is 2.21. The molecule has 0 fully saturated rings. The highest BCUT2D eigenvalue weighted by molar-refractivity contribution is 7.98. The quantitative estimate of drug-likeness (QED) is 0.781. The number of carbonyl (C=O) groups excluding carboxylic acids is 2. The van der Waals surface area contributed by atoms with Crippen molar-refractivity contribution in [2.75, 3.05) is 12.8 Å². The van der Waals surface area contributed by atoms with Crippen molar-refractivity contribution in [2.24, 2.45) is 0 Å². The normalized spacial score (nSPS) is 10.7. The number of thioether (sulfide) groups is 1. The summed E-state index contributed by atoms with van der Waals surface area (Å²) >= 11 is 1.36. The van der Waals surface area contributed by atoms with Crippen molar-refractivity contribution < 1.29 is 14.0 Å². The van der Waals surface area contributed by atoms with Gasteiger partial charge in [-0.05, 0) is 44.4 Å². The van der Waals surface area contributed by atoms with Gasteiger partial charge in [0.25, 0.3) is 5.91 Å². The number of carbonyl (C=O) groups is 2. The molecule has 0 spiro atoms. The van der Waals surface area contributed by atoms with Crippen LogP contribution in [-0.4, -0.2) is 40.2 Å². The van der Waals surface area contributed by atoms with Crippen molar-refractivity contribution in [3.8, 4) is 5.69 Å². The van der Waals surface area contributed by atoms with Crippen LogP contribution < -0.4 is 10.6 Å². The molecule has 0 unspecified atom stereocenters. The predicted molar refractivity (Wildman–Crippen MR) is 90.9 cm³/mol. The highest BCUT2D eigenvalue weighted by atomic mass is 32.2. The molecule has 24 heavy (non-hydrogen) atoms. The fourth-order valence-electron chi connectivity index (χ4n) is 2.10. The molecule has 0 radical (unpaired) electrons. The Hall–Kier alpha value is -2.35. The maximum Gasteiger partial charge on any atom is 0.270 e. The third kappa shape index (κ3) is 4.35. The van der Waals surface area contributed by atoms with Crippen molar-refractivity contribution in [3.05, 3.63) is 42.0 Å². The molecule has 8 heteroatoms. The Bertz CT molecular complexity index is 728. The Morgan fingerprint density at radius 3 is 2.54 bits per heavy atom. The fourth-order valence-corrected chi connectivity index (χ4v) is 2.65. The molecule has 0 bridgehead atoms. The van der Waals surface area contributed by atoms with Gasteiger partial charge in [0, 0.05) is 11.7 Å². The summed E-state index contributed by atoms with van der Waals surface area (Å²) in [5, 5.41) is 5.86. The van der Waals surface area contributed by atoms with Crippen LogP contribution in [0.5, 0.6) is 0 Å². The van der Waals surface area contributed by atoms with Gasteiger partial charge in [0.15, 0.2) is 5.16 Å². The first-order chi connectivity index (χ1) is 11.4. The molecule has 1 aromatic carbocycles. The third-order valence-electron chi connectivity index (χ3n) is 3.09. The van der Waals surface area contributed by atoms with Gasteiger partial charge in [-0.15, -0.1) is 0 Å². The Morgan fingerprint density at radius 2 is 1.96 bits per heavy atom. The van der Waals surface area contributed by atoms with E-state index in [1.807, 2.05) is 20.1 Å². The SMILES string of the molecule is CSc1ncc(C(=O)NCC(=O)NC(C)C)n1-c1ccc(F)cc1. The molecule has 0 aliphatic heterocycles. The molecule has 128 valence electrons. The zero-order chi connectivity index (χ0) is 17.7. The van der Waals surface area contributed by atoms with Gasteiger partial charge in [-0.3, -0.25) is 14.2 Å². The molecule has 2 amide bonds. The molecular weight excluding hydrogens is 331 g/mol. The van der Waals surface area contributed by atoms with Crippen molar-refractivity contribution >= 4 is 23.6 Å². The lowest BCUT2D eigenvalue weighted by atomic mass is 10.3. The average Bonchev–Trinajstić information content (AvgIpc) is 2.96. The van der Waals surface area contributed by atoms with E-state index in [2.05, 4.69) is 15.6 Å². The summed E-state index contributed by atoms with van der Waals surface area (Å²) in [7, 11) is 0. The number of imidazole rings is 1. The summed E-state index contributed by atoms with van der Waals surface area (Å²) in [6.45, 7) is 3.56. The maximum atomic E-state index is 13.1. The number of nitrogens with zero attached hydrogens (tertiary/aromatic N) is 2. The Morgan fingerprint density at radius 1 is 1.29 bits per heavy atom. The van der Waals surface area contributed by atoms with Gasteiger partial charge in [0.1, 0.15) is 11.5 Å². The number of aromatic nitrogens is 2. The molecule has 2 N–H and O–H groups in total. The second-order valence-corrected chi connectivity index (χ2v) is 6.12. The molecule has 2 rings (SSSR count). The van der Waals surface area contributed by atoms with Crippen LogP contribution in [0, 0.1) is 5.82 Å². The second-order valence-electron chi connectivity index (χ2n) is 5.35. The number of hydrogen-bond donors (Lipinski definition) is 2. The van der Waals surface area contributed by atoms with E-state index in [0.29, 0.717) is 10.8 Å². The lowest BCUT2D eigenvalue weighted by molar-refractivity contribution is -0.120. The standard InChI is InChI=1S/C16H19FN4O2S/c1-10(2)20-14(22)9-18-15(23)13-8-19-16(24-3)21(13)12-6-4-11(17)5-7-12/h4-8,10H,9H2,1-3H3,(H,18,23)(H,20,22). The molecule has 0 saturated carbocycles. The summed E-state index contributed by atoms with van der Waals surface area (Å²) in [4.78, 5) is 28.2. The summed E-state index contributed by atoms with van der Waals surface area (Å²) in [6, 6.07) is 5.77. The fraction of sp³-hybridized carbons (Fsp3) is 0.312. The first kappa shape index (κ1) is 18.0. The molecule has 2 aromatic rings. The van der Waals surface area contributed by atoms with E-state index in [9.17, 15) is 14.0 Å². The zero-order valence-corrected chi connectivity index (χ0v) is 14.5. The van der Waals surface area contributed by atoms with Gasteiger partial charge < -0.3 is 10.6 Å². The summed E-state index contributed by atoms with van der Waals surface area (Å²) < 4.78 is 14.8. The van der Waals surface area contributed by atoms with Crippen LogP contribution in [-0.2, 0) is 4.79 Å². The molecule has 0 aliphatic carbocycles. The largest absolute Gasteiger partial charge is 0.352 e. The van der Waals surface area contributed by atoms with Gasteiger partial charge in [0.05, 0.1) is 12.7 Å². The van der Waals surface area contributed by atoms with Crippen LogP contribution in [0.25, 0.3) is 5.69 Å². The Labute approximate surface area is 143 Å². The first-order valence-corrected chi connectivity index (χ1v) is 8.60. The molecule has 0 atom stereocenters. The molecule has 1 aromatic heterocycles. The van der Waals surface area contributed by atoms with Gasteiger partial charge in [-0.1, -0.05) is 11.8 Å². The molecule has 0 saturated heterocycles. The van der Waals surface area contributed by atoms with Crippen LogP contribution >= 0.6 is 11.8 Å². The Kier molecular flexibility index (Phi) is 5.97. The maximum absolute atomic E-state index is 13.1. The number of hydrogen-bond acceptors (Lipinski definition) is 4. The van der Waals surface area contributed by atoms with Crippen LogP contribution in [0.15, 0.2) is 35.6 Å². The third-order valence-corrected chi connectivity index (χ3v) is 3.74. The van der Waals surface area contributed by atoms with Crippen LogP contribution in [0.3, 0.4) is 0 Å². The second kappa shape index (κ2) is 7.96. The van der Waals surface area contributed by atoms with E-state index in [4.69, 9.17) is 0 Å². The van der Waals surface area contributed by atoms with Crippen LogP contribution in [0.2, 0.25) is 0 Å². The summed E-state index contributed by atoms with van der Waals surface area (Å²) in [5.41, 5.74) is 0.901. The number of nitrogens with one attached hydrogen (secondary N) is 2. The van der Waals surface area contributed by atoms with Crippen molar-refractivity contribution in [3.63, 3.8) is 0 Å². The lowest BCUT2D eigenvalue weighted by Crippen LogP contribution is -2.40. The topological polar surface area (TPSA) is 76.0 Å². The smallest absolute Gasteiger partial charge is 0.270 e. The number of amides is 2. The molecular formula is C16H19FN4O2S. The molecule has 6 nitrogen and oxygen atoms in total. The van der Waals surface area contributed by atoms with E-state index >= 15 is 0 Å². The van der Waals surface area contributed by atoms with Gasteiger partial charge in [-0.25, -0.2) is 9.37 Å². The van der Waals surface area contributed by atoms with Crippen molar-refractivity contribution in [2.45, 2.75) is 25.0 Å². The molecule has 0 aliphatic rings. The van der Waals surface area contributed by atoms with Gasteiger partial charge >= 0.3 is 0 Å². The van der Waals surface area contributed by atoms with Gasteiger partial charge in [0.2, 0.25) is 5.91 Å². The van der Waals surface area contributed by atoms with E-state index < -0.39 is 5.91 Å². The van der Waals surface area contributed by atoms with Crippen molar-refractivity contribution in [1.29, 1.82) is 0 Å². The lowest BCUT2D eigenvalue weighted by Gasteiger charge is -2.12. The first-order valence-electron chi connectivity index (χ1n) is 7.37. The number of rotatable bonds is 6. The Balaban J connectivity index is 2.21. The minimum Gasteiger partial charge on any atom is -0.352 e. The van der Waals surface area contributed by atoms with Crippen molar-refractivity contribution in [1.82, 2.24) is 20.2 Å². The van der Waals surface area contributed by atoms with E-state index in [0.717, 1.165) is 0 Å². The average molecular weight is 350 g/mol. The van der Waals surface area contributed by atoms with Crippen LogP contribution in [0.1, 0.15) is 24.3 Å². The summed E-state index contributed by atoms with van der Waals surface area (Å²) in [5.74, 6) is -1.05. The molecule has 1 heterocycles. The van der Waals surface area contributed by atoms with Gasteiger partial charge in [-0.2, -0.15) is 0 Å². The van der Waals surface area contributed by atoms with E-state index in [1.54, 1.807) is 16.7 Å². The minimum absolute atomic E-state index is 0.00207. The van der Waals surface area contributed by atoms with E-state index in [-0.39, 0.29) is 30.0 Å². The van der Waals surface area contributed by atoms with E-state index in [1.165, 1.54) is 30.1 Å². The van der Waals surface area contributed by atoms with Crippen LogP contribution in [0.4, 0.5) is 4.39 Å². The zero-order valence-electron chi connectivity index (χ0n) is 13.7. The minimum atomic E-state index is -0.425. The summed E-state index contributed by atoms with van der Waals surface area (Å²) in [6.07, 6.45) is 3.27.